The topological polar surface area (TPSA) is 34.0 Å². The fourth-order valence-corrected chi connectivity index (χ4v) is 3.54. The number of nitrogens with one attached hydrogen (secondary N) is 1. The number of rotatable bonds is 4. The third-order valence-corrected chi connectivity index (χ3v) is 4.96. The lowest BCUT2D eigenvalue weighted by Gasteiger charge is -2.07. The van der Waals surface area contributed by atoms with E-state index in [-0.39, 0.29) is 5.91 Å². The van der Waals surface area contributed by atoms with Gasteiger partial charge in [-0.05, 0) is 47.9 Å². The van der Waals surface area contributed by atoms with Crippen LogP contribution in [0.25, 0.3) is 17.7 Å². The Labute approximate surface area is 165 Å². The van der Waals surface area contributed by atoms with E-state index in [1.807, 2.05) is 54.6 Å². The first-order valence-corrected chi connectivity index (χ1v) is 9.16. The van der Waals surface area contributed by atoms with Crippen molar-refractivity contribution in [1.82, 2.24) is 4.57 Å². The van der Waals surface area contributed by atoms with Crippen molar-refractivity contribution in [1.29, 1.82) is 0 Å². The number of allylic oxidation sites excluding steroid dienone is 1. The van der Waals surface area contributed by atoms with Gasteiger partial charge in [0.15, 0.2) is 0 Å². The second-order valence-corrected chi connectivity index (χ2v) is 6.77. The molecule has 1 N–H and O–H groups in total. The average molecular weight is 364 g/mol. The molecule has 1 amide bonds. The van der Waals surface area contributed by atoms with E-state index in [0.29, 0.717) is 5.57 Å². The molecule has 0 radical (unpaired) electrons. The second-order valence-electron chi connectivity index (χ2n) is 6.77. The number of para-hydroxylation sites is 1. The fourth-order valence-electron chi connectivity index (χ4n) is 3.54. The maximum absolute atomic E-state index is 12.5. The van der Waals surface area contributed by atoms with E-state index < -0.39 is 0 Å². The summed E-state index contributed by atoms with van der Waals surface area (Å²) in [6.45, 7) is 2.79. The number of carbonyl (C=O) groups is 1. The van der Waals surface area contributed by atoms with Crippen LogP contribution in [-0.4, -0.2) is 10.5 Å². The van der Waals surface area contributed by atoms with Crippen molar-refractivity contribution in [3.8, 4) is 12.3 Å². The molecule has 3 nitrogen and oxygen atoms in total. The van der Waals surface area contributed by atoms with Gasteiger partial charge in [-0.3, -0.25) is 4.79 Å². The minimum atomic E-state index is -0.0721. The maximum atomic E-state index is 12.5. The van der Waals surface area contributed by atoms with Crippen LogP contribution in [0.1, 0.15) is 27.9 Å². The van der Waals surface area contributed by atoms with Crippen LogP contribution in [0, 0.1) is 19.3 Å². The summed E-state index contributed by atoms with van der Waals surface area (Å²) in [7, 11) is 0. The third kappa shape index (κ3) is 3.28. The second kappa shape index (κ2) is 7.46. The number of amides is 1. The third-order valence-electron chi connectivity index (χ3n) is 4.96. The monoisotopic (exact) mass is 364 g/mol. The fraction of sp³-hybridized carbons (Fsp3) is 0.0800. The first kappa shape index (κ1) is 17.6. The van der Waals surface area contributed by atoms with Gasteiger partial charge in [-0.25, -0.2) is 0 Å². The van der Waals surface area contributed by atoms with Crippen molar-refractivity contribution in [2.45, 2.75) is 13.5 Å². The van der Waals surface area contributed by atoms with Crippen LogP contribution in [0.5, 0.6) is 0 Å². The van der Waals surface area contributed by atoms with Crippen LogP contribution in [0.2, 0.25) is 0 Å². The smallest absolute Gasteiger partial charge is 0.256 e. The number of nitrogens with zero attached hydrogens (tertiary/aromatic N) is 1. The van der Waals surface area contributed by atoms with Crippen molar-refractivity contribution in [2.75, 3.05) is 5.32 Å². The molecule has 2 aromatic carbocycles. The number of carbonyl (C=O) groups excluding carboxylic acids is 1. The van der Waals surface area contributed by atoms with Gasteiger partial charge in [0.05, 0.1) is 0 Å². The quantitative estimate of drug-likeness (QED) is 0.514. The number of aromatic nitrogens is 1. The van der Waals surface area contributed by atoms with E-state index in [0.717, 1.165) is 34.6 Å². The van der Waals surface area contributed by atoms with Crippen LogP contribution in [0.15, 0.2) is 66.9 Å². The highest BCUT2D eigenvalue weighted by atomic mass is 16.2. The summed E-state index contributed by atoms with van der Waals surface area (Å²) in [6.07, 6.45) is 13.1. The van der Waals surface area contributed by atoms with Crippen molar-refractivity contribution >= 4 is 29.3 Å². The summed E-state index contributed by atoms with van der Waals surface area (Å²) >= 11 is 0. The average Bonchev–Trinajstić information content (AvgIpc) is 3.18. The Hall–Kier alpha value is -3.77. The Kier molecular flexibility index (Phi) is 4.70. The van der Waals surface area contributed by atoms with Crippen LogP contribution in [0.4, 0.5) is 5.69 Å². The zero-order valence-corrected chi connectivity index (χ0v) is 15.6. The molecule has 0 saturated carbocycles. The molecule has 0 unspecified atom stereocenters. The van der Waals surface area contributed by atoms with E-state index in [4.69, 9.17) is 6.42 Å². The first-order valence-electron chi connectivity index (χ1n) is 9.16. The molecule has 3 aromatic rings. The Morgan fingerprint density at radius 1 is 1.11 bits per heavy atom. The number of benzene rings is 2. The summed E-state index contributed by atoms with van der Waals surface area (Å²) < 4.78 is 2.17. The molecule has 0 spiro atoms. The van der Waals surface area contributed by atoms with Gasteiger partial charge in [-0.1, -0.05) is 54.5 Å². The molecule has 28 heavy (non-hydrogen) atoms. The van der Waals surface area contributed by atoms with Gasteiger partial charge in [-0.15, -0.1) is 6.42 Å². The summed E-state index contributed by atoms with van der Waals surface area (Å²) in [6, 6.07) is 18.0. The number of anilines is 1. The molecule has 136 valence electrons. The molecule has 1 aliphatic heterocycles. The van der Waals surface area contributed by atoms with Crippen LogP contribution >= 0.6 is 0 Å². The number of fused-ring (bicyclic) bond motifs is 1. The van der Waals surface area contributed by atoms with Crippen LogP contribution in [-0.2, 0) is 11.3 Å². The summed E-state index contributed by atoms with van der Waals surface area (Å²) in [4.78, 5) is 12.5. The van der Waals surface area contributed by atoms with Gasteiger partial charge in [0, 0.05) is 35.3 Å². The van der Waals surface area contributed by atoms with Crippen molar-refractivity contribution < 1.29 is 4.79 Å². The van der Waals surface area contributed by atoms with E-state index in [1.54, 1.807) is 6.08 Å². The largest absolute Gasteiger partial charge is 0.343 e. The lowest BCUT2D eigenvalue weighted by atomic mass is 10.0. The minimum absolute atomic E-state index is 0.0721. The van der Waals surface area contributed by atoms with Crippen molar-refractivity contribution in [3.05, 3.63) is 94.8 Å². The molecule has 3 heteroatoms. The molecule has 0 aliphatic carbocycles. The molecule has 0 saturated heterocycles. The molecule has 2 heterocycles. The Bertz CT molecular complexity index is 1140. The Morgan fingerprint density at radius 2 is 1.86 bits per heavy atom. The van der Waals surface area contributed by atoms with Gasteiger partial charge in [0.25, 0.3) is 5.91 Å². The van der Waals surface area contributed by atoms with Crippen molar-refractivity contribution in [3.63, 3.8) is 0 Å². The highest BCUT2D eigenvalue weighted by Gasteiger charge is 2.24. The highest BCUT2D eigenvalue weighted by Crippen LogP contribution is 2.34. The zero-order valence-electron chi connectivity index (χ0n) is 15.6. The maximum Gasteiger partial charge on any atom is 0.256 e. The summed E-state index contributed by atoms with van der Waals surface area (Å²) in [5, 5.41) is 2.93. The van der Waals surface area contributed by atoms with E-state index >= 15 is 0 Å². The van der Waals surface area contributed by atoms with Crippen molar-refractivity contribution in [2.24, 2.45) is 0 Å². The molecule has 0 fully saturated rings. The van der Waals surface area contributed by atoms with Crippen LogP contribution in [0.3, 0.4) is 0 Å². The highest BCUT2D eigenvalue weighted by molar-refractivity contribution is 6.34. The first-order chi connectivity index (χ1) is 13.7. The molecule has 1 aliphatic rings. The molecule has 1 aromatic heterocycles. The molecule has 0 bridgehead atoms. The van der Waals surface area contributed by atoms with Gasteiger partial charge in [0.1, 0.15) is 0 Å². The molecule has 0 atom stereocenters. The molecule has 4 rings (SSSR count). The number of hydrogen-bond acceptors (Lipinski definition) is 1. The van der Waals surface area contributed by atoms with E-state index in [2.05, 4.69) is 41.1 Å². The van der Waals surface area contributed by atoms with Crippen LogP contribution < -0.4 is 5.32 Å². The van der Waals surface area contributed by atoms with E-state index in [1.165, 1.54) is 5.56 Å². The standard InChI is InChI=1S/C25H20N2O/c1-3-4-14-24-18(2)20(17-27(24)16-19-10-6-5-7-11-19)15-22-21-12-8-9-13-23(21)26-25(22)28/h1,4-15,17H,16H2,2H3,(H,26,28)/b14-4-,22-15-. The lowest BCUT2D eigenvalue weighted by molar-refractivity contribution is -0.110. The predicted molar refractivity (Wildman–Crippen MR) is 116 cm³/mol. The number of hydrogen-bond donors (Lipinski definition) is 1. The predicted octanol–water partition coefficient (Wildman–Crippen LogP) is 4.98. The molecular formula is C25H20N2O. The van der Waals surface area contributed by atoms with Gasteiger partial charge in [-0.2, -0.15) is 0 Å². The van der Waals surface area contributed by atoms with E-state index in [9.17, 15) is 4.79 Å². The van der Waals surface area contributed by atoms with Gasteiger partial charge >= 0.3 is 0 Å². The Balaban J connectivity index is 1.79. The lowest BCUT2D eigenvalue weighted by Crippen LogP contribution is -2.03. The summed E-state index contributed by atoms with van der Waals surface area (Å²) in [5.74, 6) is 2.49. The van der Waals surface area contributed by atoms with Gasteiger partial charge in [0.2, 0.25) is 0 Å². The summed E-state index contributed by atoms with van der Waals surface area (Å²) in [5.41, 5.74) is 6.82. The zero-order chi connectivity index (χ0) is 19.5. The SMILES string of the molecule is C#C/C=C\c1c(C)c(/C=C2\C(=O)Nc3ccccc32)cn1Cc1ccccc1. The minimum Gasteiger partial charge on any atom is -0.343 e. The normalized spacial score (nSPS) is 14.3. The van der Waals surface area contributed by atoms with Gasteiger partial charge < -0.3 is 9.88 Å². The Morgan fingerprint density at radius 3 is 2.64 bits per heavy atom. The molecular weight excluding hydrogens is 344 g/mol. The number of terminal acetylenes is 1.